The highest BCUT2D eigenvalue weighted by atomic mass is 19.1. The van der Waals surface area contributed by atoms with Gasteiger partial charge in [-0.2, -0.15) is 0 Å². The van der Waals surface area contributed by atoms with Gasteiger partial charge in [0.15, 0.2) is 0 Å². The Bertz CT molecular complexity index is 904. The van der Waals surface area contributed by atoms with Crippen LogP contribution in [0.4, 0.5) is 4.39 Å². The quantitative estimate of drug-likeness (QED) is 0.690. The van der Waals surface area contributed by atoms with Crippen LogP contribution in [0, 0.1) is 11.7 Å². The number of para-hydroxylation sites is 1. The van der Waals surface area contributed by atoms with E-state index in [9.17, 15) is 9.18 Å². The van der Waals surface area contributed by atoms with E-state index < -0.39 is 0 Å². The fourth-order valence-electron chi connectivity index (χ4n) is 4.94. The molecular formula is C26H33FN2O2. The Balaban J connectivity index is 1.38. The molecule has 2 heterocycles. The summed E-state index contributed by atoms with van der Waals surface area (Å²) in [5, 5.41) is 3.34. The Morgan fingerprint density at radius 3 is 2.48 bits per heavy atom. The van der Waals surface area contributed by atoms with E-state index in [0.717, 1.165) is 62.1 Å². The summed E-state index contributed by atoms with van der Waals surface area (Å²) in [6, 6.07) is 15.0. The van der Waals surface area contributed by atoms with Crippen molar-refractivity contribution < 1.29 is 13.9 Å². The second-order valence-corrected chi connectivity index (χ2v) is 8.94. The zero-order chi connectivity index (χ0) is 21.8. The molecule has 0 bridgehead atoms. The van der Waals surface area contributed by atoms with Crippen LogP contribution < -0.4 is 10.1 Å². The molecule has 0 aromatic heterocycles. The van der Waals surface area contributed by atoms with Gasteiger partial charge in [-0.05, 0) is 50.9 Å². The van der Waals surface area contributed by atoms with Gasteiger partial charge in [-0.1, -0.05) is 50.2 Å². The number of nitrogens with one attached hydrogen (secondary N) is 1. The average molecular weight is 425 g/mol. The van der Waals surface area contributed by atoms with Gasteiger partial charge in [0.1, 0.15) is 17.2 Å². The number of piperidine rings is 1. The molecule has 31 heavy (non-hydrogen) atoms. The van der Waals surface area contributed by atoms with Gasteiger partial charge in [0.05, 0.1) is 6.04 Å². The third kappa shape index (κ3) is 4.77. The van der Waals surface area contributed by atoms with Gasteiger partial charge in [-0.3, -0.25) is 9.69 Å². The summed E-state index contributed by atoms with van der Waals surface area (Å²) in [6.45, 7) is 6.53. The van der Waals surface area contributed by atoms with E-state index in [1.807, 2.05) is 30.3 Å². The molecule has 0 unspecified atom stereocenters. The van der Waals surface area contributed by atoms with Crippen molar-refractivity contribution in [3.8, 4) is 5.75 Å². The number of rotatable bonds is 6. The van der Waals surface area contributed by atoms with Crippen LogP contribution in [0.3, 0.4) is 0 Å². The summed E-state index contributed by atoms with van der Waals surface area (Å²) in [4.78, 5) is 15.4. The first-order chi connectivity index (χ1) is 15.0. The molecule has 1 N–H and O–H groups in total. The number of likely N-dealkylation sites (tertiary alicyclic amines) is 1. The van der Waals surface area contributed by atoms with E-state index >= 15 is 0 Å². The third-order valence-electron chi connectivity index (χ3n) is 7.11. The number of fused-ring (bicyclic) bond motifs is 1. The van der Waals surface area contributed by atoms with E-state index in [0.29, 0.717) is 6.54 Å². The van der Waals surface area contributed by atoms with Gasteiger partial charge < -0.3 is 10.1 Å². The molecule has 0 saturated carbocycles. The number of hydrogen-bond donors (Lipinski definition) is 1. The molecule has 1 saturated heterocycles. The number of carbonyl (C=O) groups is 1. The number of hydrogen-bond acceptors (Lipinski definition) is 3. The highest BCUT2D eigenvalue weighted by molar-refractivity contribution is 5.79. The van der Waals surface area contributed by atoms with Crippen molar-refractivity contribution >= 4 is 5.91 Å². The van der Waals surface area contributed by atoms with Gasteiger partial charge in [-0.25, -0.2) is 4.39 Å². The van der Waals surface area contributed by atoms with Crippen LogP contribution in [0.15, 0.2) is 48.5 Å². The van der Waals surface area contributed by atoms with Crippen molar-refractivity contribution in [3.05, 3.63) is 65.5 Å². The van der Waals surface area contributed by atoms with Crippen molar-refractivity contribution in [2.24, 2.45) is 5.92 Å². The summed E-state index contributed by atoms with van der Waals surface area (Å²) < 4.78 is 20.3. The maximum absolute atomic E-state index is 14.0. The molecule has 0 spiro atoms. The SMILES string of the molecule is CCC1(CC)C[C@H](NC(=O)C2CCN(Cc3ccccc3F)CC2)c2ccccc2O1. The van der Waals surface area contributed by atoms with Crippen molar-refractivity contribution in [2.45, 2.75) is 64.1 Å². The molecule has 2 aliphatic heterocycles. The fraction of sp³-hybridized carbons (Fsp3) is 0.500. The van der Waals surface area contributed by atoms with Gasteiger partial charge >= 0.3 is 0 Å². The summed E-state index contributed by atoms with van der Waals surface area (Å²) in [7, 11) is 0. The molecule has 0 aliphatic carbocycles. The maximum atomic E-state index is 14.0. The van der Waals surface area contributed by atoms with Gasteiger partial charge in [0, 0.05) is 30.0 Å². The normalized spacial score (nSPS) is 21.2. The zero-order valence-electron chi connectivity index (χ0n) is 18.6. The van der Waals surface area contributed by atoms with Crippen LogP contribution in [-0.4, -0.2) is 29.5 Å². The monoisotopic (exact) mass is 424 g/mol. The Morgan fingerprint density at radius 2 is 1.77 bits per heavy atom. The van der Waals surface area contributed by atoms with Gasteiger partial charge in [-0.15, -0.1) is 0 Å². The molecule has 2 aromatic carbocycles. The number of ether oxygens (including phenoxy) is 1. The first-order valence-corrected chi connectivity index (χ1v) is 11.6. The molecule has 2 aliphatic rings. The number of benzene rings is 2. The van der Waals surface area contributed by atoms with Crippen LogP contribution in [0.5, 0.6) is 5.75 Å². The van der Waals surface area contributed by atoms with E-state index in [1.165, 1.54) is 6.07 Å². The van der Waals surface area contributed by atoms with E-state index in [-0.39, 0.29) is 29.3 Å². The lowest BCUT2D eigenvalue weighted by atomic mass is 9.83. The van der Waals surface area contributed by atoms with Crippen molar-refractivity contribution in [1.82, 2.24) is 10.2 Å². The highest BCUT2D eigenvalue weighted by Gasteiger charge is 2.39. The van der Waals surface area contributed by atoms with E-state index in [2.05, 4.69) is 30.1 Å². The van der Waals surface area contributed by atoms with Crippen molar-refractivity contribution in [1.29, 1.82) is 0 Å². The number of amides is 1. The fourth-order valence-corrected chi connectivity index (χ4v) is 4.94. The van der Waals surface area contributed by atoms with Gasteiger partial charge in [0.2, 0.25) is 5.91 Å². The van der Waals surface area contributed by atoms with Crippen LogP contribution in [0.1, 0.15) is 63.1 Å². The summed E-state index contributed by atoms with van der Waals surface area (Å²) >= 11 is 0. The second-order valence-electron chi connectivity index (χ2n) is 8.94. The largest absolute Gasteiger partial charge is 0.487 e. The van der Waals surface area contributed by atoms with Crippen LogP contribution in [-0.2, 0) is 11.3 Å². The molecule has 5 heteroatoms. The molecule has 1 atom stereocenters. The van der Waals surface area contributed by atoms with Crippen molar-refractivity contribution in [3.63, 3.8) is 0 Å². The summed E-state index contributed by atoms with van der Waals surface area (Å²) in [6.07, 6.45) is 4.24. The van der Waals surface area contributed by atoms with Crippen LogP contribution >= 0.6 is 0 Å². The minimum Gasteiger partial charge on any atom is -0.487 e. The highest BCUT2D eigenvalue weighted by Crippen LogP contribution is 2.42. The summed E-state index contributed by atoms with van der Waals surface area (Å²) in [5.41, 5.74) is 1.57. The zero-order valence-corrected chi connectivity index (χ0v) is 18.6. The second kappa shape index (κ2) is 9.39. The molecule has 166 valence electrons. The smallest absolute Gasteiger partial charge is 0.223 e. The lowest BCUT2D eigenvalue weighted by Gasteiger charge is -2.42. The van der Waals surface area contributed by atoms with E-state index in [1.54, 1.807) is 6.07 Å². The van der Waals surface area contributed by atoms with Crippen LogP contribution in [0.25, 0.3) is 0 Å². The minimum atomic E-state index is -0.227. The van der Waals surface area contributed by atoms with Gasteiger partial charge in [0.25, 0.3) is 0 Å². The Hall–Kier alpha value is -2.40. The number of nitrogens with zero attached hydrogens (tertiary/aromatic N) is 1. The molecule has 4 rings (SSSR count). The lowest BCUT2D eigenvalue weighted by Crippen LogP contribution is -2.47. The Kier molecular flexibility index (Phi) is 6.61. The number of halogens is 1. The average Bonchev–Trinajstić information content (AvgIpc) is 2.81. The Labute approximate surface area is 184 Å². The molecule has 1 fully saturated rings. The predicted molar refractivity (Wildman–Crippen MR) is 120 cm³/mol. The molecule has 1 amide bonds. The predicted octanol–water partition coefficient (Wildman–Crippen LogP) is 5.24. The minimum absolute atomic E-state index is 0.00419. The number of carbonyl (C=O) groups excluding carboxylic acids is 1. The first-order valence-electron chi connectivity index (χ1n) is 11.6. The standard InChI is InChI=1S/C26H33FN2O2/c1-3-26(4-2)17-23(21-10-6-8-12-24(21)31-26)28-25(30)19-13-15-29(16-14-19)18-20-9-5-7-11-22(20)27/h5-12,19,23H,3-4,13-18H2,1-2H3,(H,28,30)/t23-/m0/s1. The maximum Gasteiger partial charge on any atom is 0.223 e. The summed E-state index contributed by atoms with van der Waals surface area (Å²) in [5.74, 6) is 0.871. The van der Waals surface area contributed by atoms with E-state index in [4.69, 9.17) is 4.74 Å². The first kappa shape index (κ1) is 21.8. The van der Waals surface area contributed by atoms with Crippen LogP contribution in [0.2, 0.25) is 0 Å². The molecular weight excluding hydrogens is 391 g/mol. The lowest BCUT2D eigenvalue weighted by molar-refractivity contribution is -0.128. The molecule has 4 nitrogen and oxygen atoms in total. The third-order valence-corrected chi connectivity index (χ3v) is 7.11. The Morgan fingerprint density at radius 1 is 1.10 bits per heavy atom. The molecule has 0 radical (unpaired) electrons. The van der Waals surface area contributed by atoms with Crippen molar-refractivity contribution in [2.75, 3.05) is 13.1 Å². The topological polar surface area (TPSA) is 41.6 Å². The molecule has 2 aromatic rings.